The molecular formula is C14H19N3OS. The highest BCUT2D eigenvalue weighted by atomic mass is 32.2. The van der Waals surface area contributed by atoms with Gasteiger partial charge in [0.25, 0.3) is 0 Å². The highest BCUT2D eigenvalue weighted by Gasteiger charge is 2.26. The molecule has 4 nitrogen and oxygen atoms in total. The minimum absolute atomic E-state index is 0.00446. The summed E-state index contributed by atoms with van der Waals surface area (Å²) in [5.41, 5.74) is 8.09. The number of nitrogens with zero attached hydrogens (tertiary/aromatic N) is 2. The van der Waals surface area contributed by atoms with E-state index in [1.54, 1.807) is 16.7 Å². The molecule has 0 radical (unpaired) electrons. The molecule has 2 aliphatic heterocycles. The van der Waals surface area contributed by atoms with Crippen LogP contribution in [0.15, 0.2) is 23.1 Å². The lowest BCUT2D eigenvalue weighted by molar-refractivity contribution is -0.119. The van der Waals surface area contributed by atoms with E-state index in [0.29, 0.717) is 5.75 Å². The summed E-state index contributed by atoms with van der Waals surface area (Å²) in [7, 11) is 1.82. The number of likely N-dealkylation sites (N-methyl/N-ethyl adjacent to an activating group) is 1. The van der Waals surface area contributed by atoms with Crippen LogP contribution < -0.4 is 15.5 Å². The van der Waals surface area contributed by atoms with Crippen molar-refractivity contribution in [3.8, 4) is 0 Å². The van der Waals surface area contributed by atoms with Crippen molar-refractivity contribution in [2.45, 2.75) is 23.8 Å². The van der Waals surface area contributed by atoms with E-state index in [1.807, 2.05) is 7.05 Å². The molecule has 1 aromatic rings. The number of amides is 1. The van der Waals surface area contributed by atoms with Crippen molar-refractivity contribution < 1.29 is 4.79 Å². The lowest BCUT2D eigenvalue weighted by Gasteiger charge is -2.23. The number of carbonyl (C=O) groups excluding carboxylic acids is 1. The topological polar surface area (TPSA) is 49.6 Å². The molecule has 3 rings (SSSR count). The van der Waals surface area contributed by atoms with Gasteiger partial charge in [-0.1, -0.05) is 0 Å². The molecule has 0 unspecified atom stereocenters. The lowest BCUT2D eigenvalue weighted by atomic mass is 10.2. The van der Waals surface area contributed by atoms with Gasteiger partial charge >= 0.3 is 0 Å². The van der Waals surface area contributed by atoms with Crippen LogP contribution in [0.3, 0.4) is 0 Å². The standard InChI is InChI=1S/C14H19N3OS/c1-16-12-8-10(17-6-2-3-7-17)4-5-13(12)19-9-11(15)14(16)18/h4-5,8,11H,2-3,6-7,9,15H2,1H3/t11-/m0/s1. The average molecular weight is 277 g/mol. The second kappa shape index (κ2) is 5.06. The fraction of sp³-hybridized carbons (Fsp3) is 0.500. The molecule has 102 valence electrons. The van der Waals surface area contributed by atoms with E-state index in [2.05, 4.69) is 23.1 Å². The maximum atomic E-state index is 12.1. The lowest BCUT2D eigenvalue weighted by Crippen LogP contribution is -2.42. The van der Waals surface area contributed by atoms with Crippen molar-refractivity contribution in [1.82, 2.24) is 0 Å². The first-order valence-electron chi connectivity index (χ1n) is 6.72. The summed E-state index contributed by atoms with van der Waals surface area (Å²) < 4.78 is 0. The summed E-state index contributed by atoms with van der Waals surface area (Å²) in [6.07, 6.45) is 2.51. The molecule has 0 aliphatic carbocycles. The van der Waals surface area contributed by atoms with E-state index in [4.69, 9.17) is 5.73 Å². The third-order valence-electron chi connectivity index (χ3n) is 3.84. The molecule has 0 aromatic heterocycles. The molecule has 1 atom stereocenters. The average Bonchev–Trinajstić information content (AvgIpc) is 2.94. The normalized spacial score (nSPS) is 23.5. The van der Waals surface area contributed by atoms with Crippen LogP contribution in [-0.4, -0.2) is 37.8 Å². The van der Waals surface area contributed by atoms with Crippen molar-refractivity contribution in [3.63, 3.8) is 0 Å². The van der Waals surface area contributed by atoms with Crippen LogP contribution in [0, 0.1) is 0 Å². The molecule has 0 bridgehead atoms. The van der Waals surface area contributed by atoms with Gasteiger partial charge in [-0.3, -0.25) is 4.79 Å². The Morgan fingerprint density at radius 2 is 2.05 bits per heavy atom. The Morgan fingerprint density at radius 3 is 2.79 bits per heavy atom. The molecule has 1 fully saturated rings. The van der Waals surface area contributed by atoms with Gasteiger partial charge in [-0.05, 0) is 31.0 Å². The Hall–Kier alpha value is -1.20. The highest BCUT2D eigenvalue weighted by Crippen LogP contribution is 2.36. The minimum atomic E-state index is -0.405. The van der Waals surface area contributed by atoms with E-state index in [-0.39, 0.29) is 5.91 Å². The van der Waals surface area contributed by atoms with Crippen molar-refractivity contribution in [1.29, 1.82) is 0 Å². The van der Waals surface area contributed by atoms with E-state index in [1.165, 1.54) is 18.5 Å². The predicted molar refractivity (Wildman–Crippen MR) is 80.0 cm³/mol. The van der Waals surface area contributed by atoms with Crippen LogP contribution in [0.1, 0.15) is 12.8 Å². The quantitative estimate of drug-likeness (QED) is 0.848. The molecule has 1 aromatic carbocycles. The summed E-state index contributed by atoms with van der Waals surface area (Å²) >= 11 is 1.67. The van der Waals surface area contributed by atoms with Gasteiger partial charge in [0.2, 0.25) is 5.91 Å². The SMILES string of the molecule is CN1C(=O)[C@@H](N)CSc2ccc(N3CCCC3)cc21. The number of thioether (sulfide) groups is 1. The monoisotopic (exact) mass is 277 g/mol. The first kappa shape index (κ1) is 12.8. The van der Waals surface area contributed by atoms with Crippen LogP contribution in [0.2, 0.25) is 0 Å². The number of hydrogen-bond acceptors (Lipinski definition) is 4. The predicted octanol–water partition coefficient (Wildman–Crippen LogP) is 1.68. The van der Waals surface area contributed by atoms with Gasteiger partial charge in [0.05, 0.1) is 11.7 Å². The molecule has 5 heteroatoms. The van der Waals surface area contributed by atoms with Gasteiger partial charge in [-0.15, -0.1) is 11.8 Å². The number of fused-ring (bicyclic) bond motifs is 1. The third kappa shape index (κ3) is 2.32. The van der Waals surface area contributed by atoms with Gasteiger partial charge in [0.15, 0.2) is 0 Å². The summed E-state index contributed by atoms with van der Waals surface area (Å²) in [5, 5.41) is 0. The minimum Gasteiger partial charge on any atom is -0.371 e. The number of rotatable bonds is 1. The zero-order valence-electron chi connectivity index (χ0n) is 11.1. The van der Waals surface area contributed by atoms with Gasteiger partial charge < -0.3 is 15.5 Å². The second-order valence-corrected chi connectivity index (χ2v) is 6.22. The maximum Gasteiger partial charge on any atom is 0.244 e. The molecular weight excluding hydrogens is 258 g/mol. The van der Waals surface area contributed by atoms with Gasteiger partial charge in [-0.25, -0.2) is 0 Å². The van der Waals surface area contributed by atoms with Crippen LogP contribution >= 0.6 is 11.8 Å². The van der Waals surface area contributed by atoms with E-state index < -0.39 is 6.04 Å². The van der Waals surface area contributed by atoms with Crippen molar-refractivity contribution in [3.05, 3.63) is 18.2 Å². The first-order chi connectivity index (χ1) is 9.16. The second-order valence-electron chi connectivity index (χ2n) is 5.16. The number of hydrogen-bond donors (Lipinski definition) is 1. The zero-order valence-corrected chi connectivity index (χ0v) is 11.9. The molecule has 2 aliphatic rings. The molecule has 0 spiro atoms. The van der Waals surface area contributed by atoms with Crippen molar-refractivity contribution >= 4 is 29.0 Å². The van der Waals surface area contributed by atoms with Crippen LogP contribution in [0.4, 0.5) is 11.4 Å². The van der Waals surface area contributed by atoms with Crippen LogP contribution in [0.25, 0.3) is 0 Å². The molecule has 2 heterocycles. The zero-order chi connectivity index (χ0) is 13.4. The molecule has 19 heavy (non-hydrogen) atoms. The van der Waals surface area contributed by atoms with Gasteiger partial charge in [-0.2, -0.15) is 0 Å². The van der Waals surface area contributed by atoms with Gasteiger partial charge in [0, 0.05) is 36.5 Å². The smallest absolute Gasteiger partial charge is 0.244 e. The fourth-order valence-electron chi connectivity index (χ4n) is 2.68. The highest BCUT2D eigenvalue weighted by molar-refractivity contribution is 7.99. The van der Waals surface area contributed by atoms with Crippen LogP contribution in [-0.2, 0) is 4.79 Å². The molecule has 2 N–H and O–H groups in total. The third-order valence-corrected chi connectivity index (χ3v) is 5.02. The number of benzene rings is 1. The largest absolute Gasteiger partial charge is 0.371 e. The van der Waals surface area contributed by atoms with Gasteiger partial charge in [0.1, 0.15) is 0 Å². The van der Waals surface area contributed by atoms with Crippen molar-refractivity contribution in [2.75, 3.05) is 35.7 Å². The number of anilines is 2. The van der Waals surface area contributed by atoms with E-state index in [0.717, 1.165) is 23.7 Å². The fourth-order valence-corrected chi connectivity index (χ4v) is 3.69. The summed E-state index contributed by atoms with van der Waals surface area (Å²) in [6, 6.07) is 6.00. The molecule has 0 saturated carbocycles. The summed E-state index contributed by atoms with van der Waals surface area (Å²) in [6.45, 7) is 2.23. The Kier molecular flexibility index (Phi) is 3.41. The number of nitrogens with two attached hydrogens (primary N) is 1. The van der Waals surface area contributed by atoms with Crippen molar-refractivity contribution in [2.24, 2.45) is 5.73 Å². The molecule has 1 saturated heterocycles. The number of carbonyl (C=O) groups is 1. The Morgan fingerprint density at radius 1 is 1.32 bits per heavy atom. The molecule has 1 amide bonds. The maximum absolute atomic E-state index is 12.1. The van der Waals surface area contributed by atoms with E-state index >= 15 is 0 Å². The first-order valence-corrected chi connectivity index (χ1v) is 7.70. The Bertz CT molecular complexity index is 499. The van der Waals surface area contributed by atoms with E-state index in [9.17, 15) is 4.79 Å². The summed E-state index contributed by atoms with van der Waals surface area (Å²) in [4.78, 5) is 17.4. The van der Waals surface area contributed by atoms with Crippen LogP contribution in [0.5, 0.6) is 0 Å². The Labute approximate surface area is 117 Å². The summed E-state index contributed by atoms with van der Waals surface area (Å²) in [5.74, 6) is 0.656. The Balaban J connectivity index is 1.97.